The zero-order valence-electron chi connectivity index (χ0n) is 9.73. The largest absolute Gasteiger partial charge is 0.480 e. The Morgan fingerprint density at radius 3 is 2.53 bits per heavy atom. The minimum absolute atomic E-state index is 0.421. The van der Waals surface area contributed by atoms with Crippen LogP contribution in [0.2, 0.25) is 0 Å². The van der Waals surface area contributed by atoms with Gasteiger partial charge in [-0.3, -0.25) is 4.79 Å². The fourth-order valence-electron chi connectivity index (χ4n) is 1.42. The number of hydrogen-bond acceptors (Lipinski definition) is 3. The van der Waals surface area contributed by atoms with Crippen molar-refractivity contribution in [3.8, 4) is 0 Å². The maximum atomic E-state index is 11.8. The van der Waals surface area contributed by atoms with Crippen LogP contribution in [0.4, 0.5) is 0 Å². The predicted molar refractivity (Wildman–Crippen MR) is 61.9 cm³/mol. The number of benzene rings is 1. The Labute approximate surface area is 99.1 Å². The number of carbonyl (C=O) groups excluding carboxylic acids is 1. The van der Waals surface area contributed by atoms with E-state index < -0.39 is 24.5 Å². The summed E-state index contributed by atoms with van der Waals surface area (Å²) in [6, 6.07) is 3.94. The highest BCUT2D eigenvalue weighted by atomic mass is 16.4. The van der Waals surface area contributed by atoms with Crippen molar-refractivity contribution >= 4 is 11.9 Å². The summed E-state index contributed by atoms with van der Waals surface area (Å²) in [6.45, 7) is 3.03. The van der Waals surface area contributed by atoms with Crippen molar-refractivity contribution in [1.82, 2.24) is 5.32 Å². The number of aryl methyl sites for hydroxylation is 1. The molecule has 0 spiro atoms. The lowest BCUT2D eigenvalue weighted by Gasteiger charge is -2.13. The van der Waals surface area contributed by atoms with E-state index in [1.54, 1.807) is 19.1 Å². The van der Waals surface area contributed by atoms with Crippen LogP contribution in [0.15, 0.2) is 18.2 Å². The summed E-state index contributed by atoms with van der Waals surface area (Å²) >= 11 is 0. The molecule has 0 fully saturated rings. The van der Waals surface area contributed by atoms with Gasteiger partial charge in [0.15, 0.2) is 6.04 Å². The molecule has 1 rings (SSSR count). The highest BCUT2D eigenvalue weighted by Crippen LogP contribution is 2.12. The predicted octanol–water partition coefficient (Wildman–Crippen LogP) is 0.479. The van der Waals surface area contributed by atoms with Crippen LogP contribution in [0.1, 0.15) is 21.5 Å². The average Bonchev–Trinajstić information content (AvgIpc) is 2.28. The summed E-state index contributed by atoms with van der Waals surface area (Å²) in [4.78, 5) is 22.5. The van der Waals surface area contributed by atoms with E-state index in [0.29, 0.717) is 5.56 Å². The molecule has 3 N–H and O–H groups in total. The first-order chi connectivity index (χ1) is 7.97. The van der Waals surface area contributed by atoms with Crippen LogP contribution in [0.3, 0.4) is 0 Å². The van der Waals surface area contributed by atoms with Crippen LogP contribution in [0.5, 0.6) is 0 Å². The zero-order valence-corrected chi connectivity index (χ0v) is 9.73. The first kappa shape index (κ1) is 13.2. The Bertz CT molecular complexity index is 442. The van der Waals surface area contributed by atoms with Crippen molar-refractivity contribution in [3.63, 3.8) is 0 Å². The van der Waals surface area contributed by atoms with E-state index in [0.717, 1.165) is 11.1 Å². The number of carboxylic acid groups (broad SMARTS) is 1. The molecule has 17 heavy (non-hydrogen) atoms. The van der Waals surface area contributed by atoms with E-state index in [1.807, 2.05) is 13.0 Å². The maximum absolute atomic E-state index is 11.8. The number of amides is 1. The second-order valence-corrected chi connectivity index (χ2v) is 3.79. The van der Waals surface area contributed by atoms with Gasteiger partial charge in [-0.15, -0.1) is 0 Å². The summed E-state index contributed by atoms with van der Waals surface area (Å²) < 4.78 is 0. The molecule has 0 heterocycles. The van der Waals surface area contributed by atoms with Gasteiger partial charge in [-0.05, 0) is 31.0 Å². The van der Waals surface area contributed by atoms with Crippen molar-refractivity contribution in [2.24, 2.45) is 0 Å². The minimum Gasteiger partial charge on any atom is -0.480 e. The number of aliphatic carboxylic acids is 1. The van der Waals surface area contributed by atoms with Gasteiger partial charge in [-0.25, -0.2) is 4.79 Å². The van der Waals surface area contributed by atoms with Crippen LogP contribution in [-0.2, 0) is 4.79 Å². The Balaban J connectivity index is 2.90. The van der Waals surface area contributed by atoms with Crippen LogP contribution < -0.4 is 5.32 Å². The van der Waals surface area contributed by atoms with Gasteiger partial charge in [0.1, 0.15) is 0 Å². The van der Waals surface area contributed by atoms with Crippen molar-refractivity contribution in [2.45, 2.75) is 19.9 Å². The summed E-state index contributed by atoms with van der Waals surface area (Å²) in [5, 5.41) is 19.8. The monoisotopic (exact) mass is 237 g/mol. The van der Waals surface area contributed by atoms with Crippen LogP contribution >= 0.6 is 0 Å². The Hall–Kier alpha value is -1.88. The third kappa shape index (κ3) is 3.04. The number of aliphatic hydroxyl groups excluding tert-OH is 1. The molecule has 0 aliphatic heterocycles. The third-order valence-corrected chi connectivity index (χ3v) is 2.64. The molecule has 0 saturated heterocycles. The van der Waals surface area contributed by atoms with E-state index in [2.05, 4.69) is 5.32 Å². The third-order valence-electron chi connectivity index (χ3n) is 2.64. The molecule has 1 aromatic carbocycles. The van der Waals surface area contributed by atoms with E-state index in [-0.39, 0.29) is 0 Å². The van der Waals surface area contributed by atoms with Crippen molar-refractivity contribution < 1.29 is 19.8 Å². The van der Waals surface area contributed by atoms with Gasteiger partial charge >= 0.3 is 5.97 Å². The lowest BCUT2D eigenvalue weighted by Crippen LogP contribution is -2.43. The molecule has 5 nitrogen and oxygen atoms in total. The van der Waals surface area contributed by atoms with Crippen molar-refractivity contribution in [3.05, 3.63) is 34.9 Å². The SMILES string of the molecule is Cc1cccc(C(=O)N[C@@H](CO)C(=O)O)c1C. The molecule has 0 aliphatic carbocycles. The van der Waals surface area contributed by atoms with Gasteiger partial charge in [0.2, 0.25) is 0 Å². The zero-order chi connectivity index (χ0) is 13.0. The lowest BCUT2D eigenvalue weighted by molar-refractivity contribution is -0.140. The van der Waals surface area contributed by atoms with E-state index >= 15 is 0 Å². The smallest absolute Gasteiger partial charge is 0.328 e. The van der Waals surface area contributed by atoms with E-state index in [9.17, 15) is 9.59 Å². The topological polar surface area (TPSA) is 86.6 Å². The summed E-state index contributed by atoms with van der Waals surface area (Å²) in [5.74, 6) is -1.75. The van der Waals surface area contributed by atoms with Crippen molar-refractivity contribution in [2.75, 3.05) is 6.61 Å². The second kappa shape index (κ2) is 5.45. The lowest BCUT2D eigenvalue weighted by atomic mass is 10.0. The number of aliphatic hydroxyl groups is 1. The van der Waals surface area contributed by atoms with Crippen LogP contribution in [0, 0.1) is 13.8 Å². The molecule has 1 aromatic rings. The number of rotatable bonds is 4. The number of hydrogen-bond donors (Lipinski definition) is 3. The number of carboxylic acids is 1. The minimum atomic E-state index is -1.28. The summed E-state index contributed by atoms with van der Waals surface area (Å²) in [7, 11) is 0. The fraction of sp³-hybridized carbons (Fsp3) is 0.333. The highest BCUT2D eigenvalue weighted by molar-refractivity contribution is 5.98. The molecular formula is C12H15NO4. The molecule has 0 saturated carbocycles. The Morgan fingerprint density at radius 1 is 1.35 bits per heavy atom. The molecule has 1 amide bonds. The normalized spacial score (nSPS) is 11.9. The quantitative estimate of drug-likeness (QED) is 0.710. The molecular weight excluding hydrogens is 222 g/mol. The van der Waals surface area contributed by atoms with Gasteiger partial charge in [0.25, 0.3) is 5.91 Å². The molecule has 0 radical (unpaired) electrons. The van der Waals surface area contributed by atoms with Gasteiger partial charge in [0, 0.05) is 5.56 Å². The summed E-state index contributed by atoms with van der Waals surface area (Å²) in [6.07, 6.45) is 0. The first-order valence-corrected chi connectivity index (χ1v) is 5.18. The molecule has 0 aliphatic rings. The van der Waals surface area contributed by atoms with Gasteiger partial charge in [-0.1, -0.05) is 12.1 Å². The van der Waals surface area contributed by atoms with Gasteiger partial charge in [-0.2, -0.15) is 0 Å². The first-order valence-electron chi connectivity index (χ1n) is 5.18. The van der Waals surface area contributed by atoms with E-state index in [4.69, 9.17) is 10.2 Å². The van der Waals surface area contributed by atoms with Gasteiger partial charge < -0.3 is 15.5 Å². The fourth-order valence-corrected chi connectivity index (χ4v) is 1.42. The molecule has 0 unspecified atom stereocenters. The average molecular weight is 237 g/mol. The molecule has 0 aromatic heterocycles. The van der Waals surface area contributed by atoms with Gasteiger partial charge in [0.05, 0.1) is 6.61 Å². The number of nitrogens with one attached hydrogen (secondary N) is 1. The standard InChI is InChI=1S/C12H15NO4/c1-7-4-3-5-9(8(7)2)11(15)13-10(6-14)12(16)17/h3-5,10,14H,6H2,1-2H3,(H,13,15)(H,16,17)/t10-/m0/s1. The summed E-state index contributed by atoms with van der Waals surface area (Å²) in [5.41, 5.74) is 2.17. The van der Waals surface area contributed by atoms with E-state index in [1.165, 1.54) is 0 Å². The molecule has 1 atom stereocenters. The van der Waals surface area contributed by atoms with Crippen LogP contribution in [0.25, 0.3) is 0 Å². The second-order valence-electron chi connectivity index (χ2n) is 3.79. The Morgan fingerprint density at radius 2 is 2.00 bits per heavy atom. The molecule has 92 valence electrons. The number of carbonyl (C=O) groups is 2. The van der Waals surface area contributed by atoms with Crippen LogP contribution in [-0.4, -0.2) is 34.7 Å². The van der Waals surface area contributed by atoms with Crippen molar-refractivity contribution in [1.29, 1.82) is 0 Å². The Kier molecular flexibility index (Phi) is 4.23. The molecule has 0 bridgehead atoms. The maximum Gasteiger partial charge on any atom is 0.328 e. The highest BCUT2D eigenvalue weighted by Gasteiger charge is 2.20. The molecule has 5 heteroatoms.